The van der Waals surface area contributed by atoms with E-state index < -0.39 is 22.5 Å². The van der Waals surface area contributed by atoms with Crippen LogP contribution in [-0.2, 0) is 10.0 Å². The van der Waals surface area contributed by atoms with E-state index in [-0.39, 0.29) is 15.5 Å². The molecule has 1 atom stereocenters. The Kier molecular flexibility index (Phi) is 5.38. The van der Waals surface area contributed by atoms with Crippen molar-refractivity contribution < 1.29 is 17.2 Å². The van der Waals surface area contributed by atoms with Gasteiger partial charge in [0.15, 0.2) is 0 Å². The first-order chi connectivity index (χ1) is 11.8. The van der Waals surface area contributed by atoms with Gasteiger partial charge in [0.05, 0.1) is 11.1 Å². The molecule has 1 aromatic heterocycles. The Morgan fingerprint density at radius 2 is 2.08 bits per heavy atom. The number of alkyl halides is 2. The minimum atomic E-state index is -3.93. The fourth-order valence-corrected chi connectivity index (χ4v) is 5.98. The van der Waals surface area contributed by atoms with Crippen molar-refractivity contribution in [2.45, 2.75) is 43.5 Å². The molecule has 0 radical (unpaired) electrons. The molecule has 0 spiro atoms. The van der Waals surface area contributed by atoms with Gasteiger partial charge in [-0.15, -0.1) is 21.5 Å². The van der Waals surface area contributed by atoms with Gasteiger partial charge in [-0.05, 0) is 31.9 Å². The largest absolute Gasteiger partial charge is 0.263 e. The number of hydrogen-bond acceptors (Lipinski definition) is 5. The minimum Gasteiger partial charge on any atom is -0.207 e. The summed E-state index contributed by atoms with van der Waals surface area (Å²) >= 11 is 7.37. The fraction of sp³-hybridized carbons (Fsp3) is 0.467. The average Bonchev–Trinajstić information content (AvgIpc) is 3.01. The van der Waals surface area contributed by atoms with Gasteiger partial charge >= 0.3 is 0 Å². The molecule has 2 aromatic rings. The van der Waals surface area contributed by atoms with Gasteiger partial charge in [-0.2, -0.15) is 4.31 Å². The first-order valence-corrected chi connectivity index (χ1v) is 10.3. The number of halogens is 3. The van der Waals surface area contributed by atoms with E-state index in [9.17, 15) is 17.2 Å². The van der Waals surface area contributed by atoms with Crippen LogP contribution in [-0.4, -0.2) is 29.5 Å². The number of sulfonamides is 1. The van der Waals surface area contributed by atoms with Crippen molar-refractivity contribution in [3.05, 3.63) is 38.8 Å². The third-order valence-corrected chi connectivity index (χ3v) is 7.41. The maximum Gasteiger partial charge on any atom is 0.263 e. The summed E-state index contributed by atoms with van der Waals surface area (Å²) in [6.45, 7) is 2.14. The van der Waals surface area contributed by atoms with E-state index >= 15 is 0 Å². The molecule has 10 heteroatoms. The third kappa shape index (κ3) is 3.69. The summed E-state index contributed by atoms with van der Waals surface area (Å²) in [6.07, 6.45) is -0.463. The van der Waals surface area contributed by atoms with Crippen LogP contribution in [0.15, 0.2) is 23.1 Å². The summed E-state index contributed by atoms with van der Waals surface area (Å²) in [4.78, 5) is -0.160. The number of benzene rings is 1. The monoisotopic (exact) mass is 407 g/mol. The van der Waals surface area contributed by atoms with Crippen molar-refractivity contribution >= 4 is 33.0 Å². The zero-order valence-corrected chi connectivity index (χ0v) is 15.7. The number of rotatable bonds is 4. The molecular weight excluding hydrogens is 392 g/mol. The van der Waals surface area contributed by atoms with Crippen molar-refractivity contribution in [3.63, 3.8) is 0 Å². The molecule has 1 aliphatic heterocycles. The van der Waals surface area contributed by atoms with E-state index in [1.807, 2.05) is 6.92 Å². The zero-order valence-electron chi connectivity index (χ0n) is 13.3. The SMILES string of the molecule is Cc1nnc(C2CCCCN2S(=O)(=O)c2ccc(C(F)F)cc2Cl)s1. The molecule has 136 valence electrons. The molecule has 3 rings (SSSR count). The molecule has 1 saturated heterocycles. The highest BCUT2D eigenvalue weighted by molar-refractivity contribution is 7.89. The lowest BCUT2D eigenvalue weighted by Crippen LogP contribution is -2.38. The van der Waals surface area contributed by atoms with Gasteiger partial charge < -0.3 is 0 Å². The summed E-state index contributed by atoms with van der Waals surface area (Å²) in [6, 6.07) is 2.84. The lowest BCUT2D eigenvalue weighted by molar-refractivity contribution is 0.151. The first kappa shape index (κ1) is 18.6. The van der Waals surface area contributed by atoms with Crippen molar-refractivity contribution in [3.8, 4) is 0 Å². The topological polar surface area (TPSA) is 63.2 Å². The van der Waals surface area contributed by atoms with Crippen LogP contribution in [0.2, 0.25) is 5.02 Å². The molecule has 0 amide bonds. The Labute approximate surface area is 153 Å². The highest BCUT2D eigenvalue weighted by Gasteiger charge is 2.37. The van der Waals surface area contributed by atoms with Gasteiger partial charge in [-0.25, -0.2) is 17.2 Å². The zero-order chi connectivity index (χ0) is 18.2. The average molecular weight is 408 g/mol. The van der Waals surface area contributed by atoms with E-state index in [0.717, 1.165) is 36.0 Å². The van der Waals surface area contributed by atoms with Crippen LogP contribution in [0.4, 0.5) is 8.78 Å². The number of aryl methyl sites for hydroxylation is 1. The normalized spacial score (nSPS) is 19.5. The van der Waals surface area contributed by atoms with Gasteiger partial charge in [0.25, 0.3) is 6.43 Å². The minimum absolute atomic E-state index is 0.160. The molecule has 25 heavy (non-hydrogen) atoms. The Morgan fingerprint density at radius 3 is 2.68 bits per heavy atom. The van der Waals surface area contributed by atoms with Gasteiger partial charge in [0, 0.05) is 12.1 Å². The quantitative estimate of drug-likeness (QED) is 0.755. The molecule has 5 nitrogen and oxygen atoms in total. The summed E-state index contributed by atoms with van der Waals surface area (Å²) in [5.41, 5.74) is -0.307. The van der Waals surface area contributed by atoms with Crippen LogP contribution >= 0.6 is 22.9 Å². The van der Waals surface area contributed by atoms with Crippen molar-refractivity contribution in [2.24, 2.45) is 0 Å². The third-order valence-electron chi connectivity index (χ3n) is 4.07. The van der Waals surface area contributed by atoms with Crippen LogP contribution in [0.5, 0.6) is 0 Å². The standard InChI is InChI=1S/C15H16ClF2N3O2S2/c1-9-19-20-15(24-9)12-4-2-3-7-21(12)25(22,23)13-6-5-10(14(17)18)8-11(13)16/h5-6,8,12,14H,2-4,7H2,1H3. The summed E-state index contributed by atoms with van der Waals surface area (Å²) < 4.78 is 53.1. The van der Waals surface area contributed by atoms with E-state index in [2.05, 4.69) is 10.2 Å². The van der Waals surface area contributed by atoms with Gasteiger partial charge in [-0.3, -0.25) is 0 Å². The lowest BCUT2D eigenvalue weighted by atomic mass is 10.1. The van der Waals surface area contributed by atoms with Gasteiger partial charge in [0.2, 0.25) is 10.0 Å². The first-order valence-electron chi connectivity index (χ1n) is 7.70. The second-order valence-corrected chi connectivity index (χ2v) is 9.26. The van der Waals surface area contributed by atoms with Crippen LogP contribution in [0, 0.1) is 6.92 Å². The van der Waals surface area contributed by atoms with Crippen LogP contribution in [0.1, 0.15) is 47.3 Å². The van der Waals surface area contributed by atoms with Gasteiger partial charge in [0.1, 0.15) is 14.9 Å². The maximum absolute atomic E-state index is 13.1. The molecule has 0 saturated carbocycles. The van der Waals surface area contributed by atoms with Crippen LogP contribution in [0.3, 0.4) is 0 Å². The Balaban J connectivity index is 2.00. The molecule has 1 unspecified atom stereocenters. The summed E-state index contributed by atoms with van der Waals surface area (Å²) in [5.74, 6) is 0. The second-order valence-electron chi connectivity index (χ2n) is 5.78. The molecule has 0 N–H and O–H groups in total. The molecule has 0 aliphatic carbocycles. The number of piperidine rings is 1. The Hall–Kier alpha value is -1.16. The molecular formula is C15H16ClF2N3O2S2. The second kappa shape index (κ2) is 7.22. The van der Waals surface area contributed by atoms with Crippen molar-refractivity contribution in [2.75, 3.05) is 6.54 Å². The highest BCUT2D eigenvalue weighted by atomic mass is 35.5. The molecule has 1 aliphatic rings. The molecule has 0 bridgehead atoms. The predicted octanol–water partition coefficient (Wildman–Crippen LogP) is 4.35. The van der Waals surface area contributed by atoms with Gasteiger partial charge in [-0.1, -0.05) is 24.1 Å². The van der Waals surface area contributed by atoms with Crippen LogP contribution < -0.4 is 0 Å². The summed E-state index contributed by atoms with van der Waals surface area (Å²) in [5, 5.41) is 9.26. The van der Waals surface area contributed by atoms with Crippen molar-refractivity contribution in [1.82, 2.24) is 14.5 Å². The number of aromatic nitrogens is 2. The number of hydrogen-bond donors (Lipinski definition) is 0. The maximum atomic E-state index is 13.1. The Bertz CT molecular complexity index is 873. The van der Waals surface area contributed by atoms with Crippen LogP contribution in [0.25, 0.3) is 0 Å². The lowest BCUT2D eigenvalue weighted by Gasteiger charge is -2.33. The molecule has 1 fully saturated rings. The Morgan fingerprint density at radius 1 is 1.32 bits per heavy atom. The fourth-order valence-electron chi connectivity index (χ4n) is 2.87. The van der Waals surface area contributed by atoms with E-state index in [0.29, 0.717) is 18.0 Å². The van der Waals surface area contributed by atoms with E-state index in [4.69, 9.17) is 11.6 Å². The molecule has 1 aromatic carbocycles. The summed E-state index contributed by atoms with van der Waals surface area (Å²) in [7, 11) is -3.93. The van der Waals surface area contributed by atoms with E-state index in [1.54, 1.807) is 0 Å². The number of nitrogens with zero attached hydrogens (tertiary/aromatic N) is 3. The highest BCUT2D eigenvalue weighted by Crippen LogP contribution is 2.38. The predicted molar refractivity (Wildman–Crippen MR) is 91.5 cm³/mol. The smallest absolute Gasteiger partial charge is 0.207 e. The van der Waals surface area contributed by atoms with E-state index in [1.165, 1.54) is 15.6 Å². The van der Waals surface area contributed by atoms with Crippen molar-refractivity contribution in [1.29, 1.82) is 0 Å². The molecule has 2 heterocycles.